The number of carbonyl (C=O) groups excluding carboxylic acids is 1. The fraction of sp³-hybridized carbons (Fsp3) is 0.462. The van der Waals surface area contributed by atoms with Crippen LogP contribution in [0.1, 0.15) is 57.6 Å². The predicted molar refractivity (Wildman–Crippen MR) is 134 cm³/mol. The molecule has 0 radical (unpaired) electrons. The lowest BCUT2D eigenvalue weighted by Gasteiger charge is -2.34. The number of benzene rings is 2. The topological polar surface area (TPSA) is 78.8 Å². The molecule has 0 heterocycles. The Morgan fingerprint density at radius 1 is 1.06 bits per heavy atom. The Kier molecular flexibility index (Phi) is 7.62. The maximum absolute atomic E-state index is 13.5. The van der Waals surface area contributed by atoms with Crippen LogP contribution in [0.5, 0.6) is 0 Å². The van der Waals surface area contributed by atoms with E-state index in [4.69, 9.17) is 0 Å². The first-order valence-corrected chi connectivity index (χ1v) is 12.9. The van der Waals surface area contributed by atoms with Crippen LogP contribution in [0.3, 0.4) is 0 Å². The summed E-state index contributed by atoms with van der Waals surface area (Å²) >= 11 is 0. The summed E-state index contributed by atoms with van der Waals surface area (Å²) in [7, 11) is -3.93. The minimum absolute atomic E-state index is 0.143. The highest BCUT2D eigenvalue weighted by molar-refractivity contribution is 7.92. The second-order valence-corrected chi connectivity index (χ2v) is 11.8. The molecule has 0 saturated heterocycles. The molecule has 178 valence electrons. The van der Waals surface area contributed by atoms with Crippen molar-refractivity contribution in [3.63, 3.8) is 0 Å². The van der Waals surface area contributed by atoms with Crippen molar-refractivity contribution in [3.05, 3.63) is 59.7 Å². The number of nitrogens with zero attached hydrogens (tertiary/aromatic N) is 2. The van der Waals surface area contributed by atoms with E-state index in [1.165, 1.54) is 16.4 Å². The van der Waals surface area contributed by atoms with Gasteiger partial charge in [-0.15, -0.1) is 0 Å². The molecule has 0 atom stereocenters. The SMILES string of the molecule is Cc1ccc(N(CC(=O)NN=C2CCC(C(C)(C)C)CC2)S(=O)(=O)c2ccccc2)c(C)c1. The Hall–Kier alpha value is -2.67. The van der Waals surface area contributed by atoms with Gasteiger partial charge in [-0.05, 0) is 74.6 Å². The van der Waals surface area contributed by atoms with Crippen LogP contribution in [0.4, 0.5) is 5.69 Å². The van der Waals surface area contributed by atoms with E-state index in [0.29, 0.717) is 11.6 Å². The summed E-state index contributed by atoms with van der Waals surface area (Å²) in [5, 5.41) is 4.33. The largest absolute Gasteiger partial charge is 0.271 e. The van der Waals surface area contributed by atoms with E-state index in [1.54, 1.807) is 24.3 Å². The molecule has 2 aromatic rings. The zero-order valence-corrected chi connectivity index (χ0v) is 21.1. The number of amides is 1. The van der Waals surface area contributed by atoms with Crippen LogP contribution in [0.15, 0.2) is 58.5 Å². The molecule has 0 aromatic heterocycles. The van der Waals surface area contributed by atoms with Crippen molar-refractivity contribution in [1.29, 1.82) is 0 Å². The number of rotatable bonds is 6. The summed E-state index contributed by atoms with van der Waals surface area (Å²) in [5.41, 5.74) is 6.13. The summed E-state index contributed by atoms with van der Waals surface area (Å²) in [5.74, 6) is 0.183. The summed E-state index contributed by atoms with van der Waals surface area (Å²) in [6.07, 6.45) is 3.81. The van der Waals surface area contributed by atoms with Gasteiger partial charge in [-0.2, -0.15) is 5.10 Å². The van der Waals surface area contributed by atoms with E-state index in [0.717, 1.165) is 42.5 Å². The molecule has 1 amide bonds. The minimum Gasteiger partial charge on any atom is -0.271 e. The van der Waals surface area contributed by atoms with Crippen LogP contribution in [-0.2, 0) is 14.8 Å². The number of hydrogen-bond acceptors (Lipinski definition) is 4. The van der Waals surface area contributed by atoms with Gasteiger partial charge in [0.05, 0.1) is 10.6 Å². The predicted octanol–water partition coefficient (Wildman–Crippen LogP) is 5.21. The smallest absolute Gasteiger partial charge is 0.264 e. The highest BCUT2D eigenvalue weighted by atomic mass is 32.2. The van der Waals surface area contributed by atoms with E-state index in [1.807, 2.05) is 26.0 Å². The van der Waals surface area contributed by atoms with E-state index >= 15 is 0 Å². The zero-order valence-electron chi connectivity index (χ0n) is 20.3. The lowest BCUT2D eigenvalue weighted by atomic mass is 9.72. The fourth-order valence-corrected chi connectivity index (χ4v) is 5.85. The molecule has 33 heavy (non-hydrogen) atoms. The van der Waals surface area contributed by atoms with Gasteiger partial charge in [0, 0.05) is 5.71 Å². The Labute approximate surface area is 198 Å². The van der Waals surface area contributed by atoms with Crippen molar-refractivity contribution in [2.75, 3.05) is 10.8 Å². The van der Waals surface area contributed by atoms with Crippen LogP contribution in [-0.4, -0.2) is 26.6 Å². The van der Waals surface area contributed by atoms with Crippen LogP contribution in [0.25, 0.3) is 0 Å². The van der Waals surface area contributed by atoms with Crippen LogP contribution < -0.4 is 9.73 Å². The third-order valence-electron chi connectivity index (χ3n) is 6.37. The molecule has 6 nitrogen and oxygen atoms in total. The van der Waals surface area contributed by atoms with Gasteiger partial charge < -0.3 is 0 Å². The number of aryl methyl sites for hydroxylation is 2. The number of sulfonamides is 1. The van der Waals surface area contributed by atoms with E-state index in [9.17, 15) is 13.2 Å². The maximum Gasteiger partial charge on any atom is 0.264 e. The molecule has 0 spiro atoms. The fourth-order valence-electron chi connectivity index (χ4n) is 4.34. The molecule has 1 saturated carbocycles. The van der Waals surface area contributed by atoms with Crippen molar-refractivity contribution in [3.8, 4) is 0 Å². The lowest BCUT2D eigenvalue weighted by Crippen LogP contribution is -2.40. The Morgan fingerprint density at radius 2 is 1.70 bits per heavy atom. The van der Waals surface area contributed by atoms with Crippen molar-refractivity contribution in [1.82, 2.24) is 5.43 Å². The number of carbonyl (C=O) groups is 1. The molecule has 1 aliphatic carbocycles. The first-order chi connectivity index (χ1) is 15.5. The van der Waals surface area contributed by atoms with Crippen molar-refractivity contribution in [2.24, 2.45) is 16.4 Å². The summed E-state index contributed by atoms with van der Waals surface area (Å²) in [4.78, 5) is 13.0. The average molecular weight is 470 g/mol. The molecule has 0 aliphatic heterocycles. The molecule has 7 heteroatoms. The molecule has 3 rings (SSSR count). The molecular weight excluding hydrogens is 434 g/mol. The first-order valence-electron chi connectivity index (χ1n) is 11.5. The van der Waals surface area contributed by atoms with Crippen molar-refractivity contribution < 1.29 is 13.2 Å². The van der Waals surface area contributed by atoms with E-state index < -0.39 is 15.9 Å². The Bertz CT molecular complexity index is 1110. The lowest BCUT2D eigenvalue weighted by molar-refractivity contribution is -0.119. The van der Waals surface area contributed by atoms with Gasteiger partial charge in [0.15, 0.2) is 0 Å². The van der Waals surface area contributed by atoms with E-state index in [2.05, 4.69) is 31.3 Å². The molecule has 2 aromatic carbocycles. The average Bonchev–Trinajstić information content (AvgIpc) is 2.77. The highest BCUT2D eigenvalue weighted by Crippen LogP contribution is 2.36. The third kappa shape index (κ3) is 6.22. The molecule has 1 aliphatic rings. The van der Waals surface area contributed by atoms with Gasteiger partial charge in [0.2, 0.25) is 0 Å². The van der Waals surface area contributed by atoms with Crippen molar-refractivity contribution in [2.45, 2.75) is 65.2 Å². The minimum atomic E-state index is -3.93. The van der Waals surface area contributed by atoms with Gasteiger partial charge in [0.1, 0.15) is 6.54 Å². The first kappa shape index (κ1) is 25.0. The maximum atomic E-state index is 13.5. The number of nitrogens with one attached hydrogen (secondary N) is 1. The van der Waals surface area contributed by atoms with Crippen LogP contribution in [0.2, 0.25) is 0 Å². The van der Waals surface area contributed by atoms with E-state index in [-0.39, 0.29) is 16.9 Å². The monoisotopic (exact) mass is 469 g/mol. The number of anilines is 1. The summed E-state index contributed by atoms with van der Waals surface area (Å²) < 4.78 is 28.1. The zero-order chi connectivity index (χ0) is 24.2. The molecule has 0 bridgehead atoms. The second kappa shape index (κ2) is 10.1. The van der Waals surface area contributed by atoms with Gasteiger partial charge >= 0.3 is 0 Å². The summed E-state index contributed by atoms with van der Waals surface area (Å²) in [6.45, 7) is 10.2. The normalized spacial score (nSPS) is 16.9. The van der Waals surface area contributed by atoms with Gasteiger partial charge in [0.25, 0.3) is 15.9 Å². The van der Waals surface area contributed by atoms with Crippen LogP contribution >= 0.6 is 0 Å². The molecule has 1 fully saturated rings. The number of hydrogen-bond donors (Lipinski definition) is 1. The van der Waals surface area contributed by atoms with Gasteiger partial charge in [-0.25, -0.2) is 13.8 Å². The Morgan fingerprint density at radius 3 is 2.27 bits per heavy atom. The summed E-state index contributed by atoms with van der Waals surface area (Å²) in [6, 6.07) is 13.7. The highest BCUT2D eigenvalue weighted by Gasteiger charge is 2.29. The second-order valence-electron chi connectivity index (χ2n) is 9.97. The third-order valence-corrected chi connectivity index (χ3v) is 8.14. The van der Waals surface area contributed by atoms with Gasteiger partial charge in [-0.3, -0.25) is 9.10 Å². The molecule has 0 unspecified atom stereocenters. The molecule has 1 N–H and O–H groups in total. The van der Waals surface area contributed by atoms with Crippen molar-refractivity contribution >= 4 is 27.3 Å². The quantitative estimate of drug-likeness (QED) is 0.590. The molecular formula is C26H35N3O3S. The van der Waals surface area contributed by atoms with Crippen LogP contribution in [0, 0.1) is 25.2 Å². The number of hydrazone groups is 1. The Balaban J connectivity index is 1.79. The standard InChI is InChI=1S/C26H35N3O3S/c1-19-11-16-24(20(2)17-19)29(33(31,32)23-9-7-6-8-10-23)18-25(30)28-27-22-14-12-21(13-15-22)26(3,4)5/h6-11,16-17,21H,12-15,18H2,1-5H3,(H,28,30). The van der Waals surface area contributed by atoms with Gasteiger partial charge in [-0.1, -0.05) is 56.7 Å².